The van der Waals surface area contributed by atoms with Crippen molar-refractivity contribution in [3.8, 4) is 5.75 Å². The first-order valence-electron chi connectivity index (χ1n) is 5.06. The van der Waals surface area contributed by atoms with Crippen molar-refractivity contribution in [3.63, 3.8) is 0 Å². The largest absolute Gasteiger partial charge is 0.490 e. The molecule has 1 aliphatic heterocycles. The van der Waals surface area contributed by atoms with E-state index in [2.05, 4.69) is 25.1 Å². The maximum absolute atomic E-state index is 6.10. The molecule has 1 atom stereocenters. The van der Waals surface area contributed by atoms with Crippen LogP contribution in [-0.2, 0) is 12.0 Å². The smallest absolute Gasteiger partial charge is 0.128 e. The summed E-state index contributed by atoms with van der Waals surface area (Å²) >= 11 is 0. The Morgan fingerprint density at radius 2 is 2.14 bits per heavy atom. The standard InChI is InChI=1S/C12H17NO/c1-8-7-9-5-4-6-10(11(9)14-8)12(2,3)13/h4-6,8H,7,13H2,1-3H3. The normalized spacial score (nSPS) is 20.4. The predicted molar refractivity (Wildman–Crippen MR) is 57.4 cm³/mol. The lowest BCUT2D eigenvalue weighted by molar-refractivity contribution is 0.249. The van der Waals surface area contributed by atoms with Crippen LogP contribution in [0.4, 0.5) is 0 Å². The predicted octanol–water partition coefficient (Wildman–Crippen LogP) is 2.20. The van der Waals surface area contributed by atoms with Gasteiger partial charge in [0.2, 0.25) is 0 Å². The van der Waals surface area contributed by atoms with Gasteiger partial charge in [-0.25, -0.2) is 0 Å². The van der Waals surface area contributed by atoms with E-state index in [9.17, 15) is 0 Å². The van der Waals surface area contributed by atoms with Crippen LogP contribution >= 0.6 is 0 Å². The van der Waals surface area contributed by atoms with E-state index in [1.807, 2.05) is 13.8 Å². The van der Waals surface area contributed by atoms with Crippen molar-refractivity contribution >= 4 is 0 Å². The van der Waals surface area contributed by atoms with Crippen molar-refractivity contribution in [2.45, 2.75) is 38.8 Å². The van der Waals surface area contributed by atoms with E-state index < -0.39 is 0 Å². The molecule has 0 saturated heterocycles. The molecule has 0 fully saturated rings. The molecule has 1 aromatic carbocycles. The molecular weight excluding hydrogens is 174 g/mol. The second-order valence-corrected chi connectivity index (χ2v) is 4.65. The van der Waals surface area contributed by atoms with Gasteiger partial charge >= 0.3 is 0 Å². The van der Waals surface area contributed by atoms with Gasteiger partial charge in [0.05, 0.1) is 0 Å². The highest BCUT2D eigenvalue weighted by Crippen LogP contribution is 2.36. The second-order valence-electron chi connectivity index (χ2n) is 4.65. The van der Waals surface area contributed by atoms with Gasteiger partial charge in [0.25, 0.3) is 0 Å². The van der Waals surface area contributed by atoms with E-state index in [-0.39, 0.29) is 11.6 Å². The molecule has 0 bridgehead atoms. The molecule has 2 heteroatoms. The lowest BCUT2D eigenvalue weighted by Gasteiger charge is -2.22. The van der Waals surface area contributed by atoms with Crippen LogP contribution in [0.25, 0.3) is 0 Å². The van der Waals surface area contributed by atoms with Gasteiger partial charge in [0.1, 0.15) is 11.9 Å². The fraction of sp³-hybridized carbons (Fsp3) is 0.500. The third kappa shape index (κ3) is 1.50. The highest BCUT2D eigenvalue weighted by atomic mass is 16.5. The van der Waals surface area contributed by atoms with Gasteiger partial charge in [0.15, 0.2) is 0 Å². The van der Waals surface area contributed by atoms with Gasteiger partial charge in [-0.2, -0.15) is 0 Å². The summed E-state index contributed by atoms with van der Waals surface area (Å²) in [5.41, 5.74) is 8.17. The fourth-order valence-corrected chi connectivity index (χ4v) is 1.94. The Kier molecular flexibility index (Phi) is 2.04. The van der Waals surface area contributed by atoms with Gasteiger partial charge in [-0.15, -0.1) is 0 Å². The average Bonchev–Trinajstić information content (AvgIpc) is 2.41. The Balaban J connectivity index is 2.50. The highest BCUT2D eigenvalue weighted by molar-refractivity contribution is 5.47. The van der Waals surface area contributed by atoms with Crippen LogP contribution in [-0.4, -0.2) is 6.10 Å². The summed E-state index contributed by atoms with van der Waals surface area (Å²) in [5.74, 6) is 1.01. The van der Waals surface area contributed by atoms with Crippen LogP contribution in [0.15, 0.2) is 18.2 Å². The van der Waals surface area contributed by atoms with Crippen LogP contribution in [0.2, 0.25) is 0 Å². The summed E-state index contributed by atoms with van der Waals surface area (Å²) in [7, 11) is 0. The zero-order chi connectivity index (χ0) is 10.3. The van der Waals surface area contributed by atoms with Gasteiger partial charge < -0.3 is 10.5 Å². The Morgan fingerprint density at radius 1 is 1.43 bits per heavy atom. The number of fused-ring (bicyclic) bond motifs is 1. The number of para-hydroxylation sites is 1. The third-order valence-electron chi connectivity index (χ3n) is 2.62. The molecule has 76 valence electrons. The molecule has 1 heterocycles. The van der Waals surface area contributed by atoms with E-state index >= 15 is 0 Å². The molecule has 2 N–H and O–H groups in total. The summed E-state index contributed by atoms with van der Waals surface area (Å²) in [6.07, 6.45) is 1.28. The molecule has 0 amide bonds. The molecule has 0 spiro atoms. The topological polar surface area (TPSA) is 35.2 Å². The van der Waals surface area contributed by atoms with E-state index in [0.29, 0.717) is 0 Å². The van der Waals surface area contributed by atoms with Gasteiger partial charge in [-0.05, 0) is 26.3 Å². The molecule has 2 nitrogen and oxygen atoms in total. The SMILES string of the molecule is CC1Cc2cccc(C(C)(C)N)c2O1. The zero-order valence-electron chi connectivity index (χ0n) is 9.00. The van der Waals surface area contributed by atoms with Gasteiger partial charge in [-0.3, -0.25) is 0 Å². The van der Waals surface area contributed by atoms with E-state index in [1.54, 1.807) is 0 Å². The monoisotopic (exact) mass is 191 g/mol. The van der Waals surface area contributed by atoms with Crippen molar-refractivity contribution < 1.29 is 4.74 Å². The van der Waals surface area contributed by atoms with E-state index in [4.69, 9.17) is 10.5 Å². The molecule has 0 aromatic heterocycles. The first-order valence-corrected chi connectivity index (χ1v) is 5.06. The van der Waals surface area contributed by atoms with Crippen LogP contribution in [0.3, 0.4) is 0 Å². The summed E-state index contributed by atoms with van der Waals surface area (Å²) < 4.78 is 5.78. The maximum Gasteiger partial charge on any atom is 0.128 e. The van der Waals surface area contributed by atoms with Crippen LogP contribution in [0.5, 0.6) is 5.75 Å². The van der Waals surface area contributed by atoms with E-state index in [1.165, 1.54) is 5.56 Å². The van der Waals surface area contributed by atoms with Crippen LogP contribution in [0.1, 0.15) is 31.9 Å². The number of ether oxygens (including phenoxy) is 1. The van der Waals surface area contributed by atoms with Crippen molar-refractivity contribution in [2.24, 2.45) is 5.73 Å². The minimum atomic E-state index is -0.324. The molecule has 2 rings (SSSR count). The quantitative estimate of drug-likeness (QED) is 0.738. The number of hydrogen-bond acceptors (Lipinski definition) is 2. The van der Waals surface area contributed by atoms with Gasteiger partial charge in [0, 0.05) is 17.5 Å². The van der Waals surface area contributed by atoms with Crippen molar-refractivity contribution in [3.05, 3.63) is 29.3 Å². The minimum absolute atomic E-state index is 0.286. The maximum atomic E-state index is 6.10. The Hall–Kier alpha value is -1.02. The molecule has 1 unspecified atom stereocenters. The lowest BCUT2D eigenvalue weighted by atomic mass is 9.92. The average molecular weight is 191 g/mol. The Bertz CT molecular complexity index is 352. The number of nitrogens with two attached hydrogens (primary N) is 1. The number of hydrogen-bond donors (Lipinski definition) is 1. The van der Waals surface area contributed by atoms with Crippen molar-refractivity contribution in [1.82, 2.24) is 0 Å². The zero-order valence-corrected chi connectivity index (χ0v) is 9.00. The Morgan fingerprint density at radius 3 is 2.79 bits per heavy atom. The molecular formula is C12H17NO. The minimum Gasteiger partial charge on any atom is -0.490 e. The second kappa shape index (κ2) is 2.99. The van der Waals surface area contributed by atoms with Crippen LogP contribution < -0.4 is 10.5 Å². The van der Waals surface area contributed by atoms with E-state index in [0.717, 1.165) is 17.7 Å². The number of rotatable bonds is 1. The van der Waals surface area contributed by atoms with Crippen molar-refractivity contribution in [1.29, 1.82) is 0 Å². The van der Waals surface area contributed by atoms with Crippen molar-refractivity contribution in [2.75, 3.05) is 0 Å². The summed E-state index contributed by atoms with van der Waals surface area (Å²) in [4.78, 5) is 0. The molecule has 0 aliphatic carbocycles. The molecule has 1 aliphatic rings. The molecule has 0 radical (unpaired) electrons. The third-order valence-corrected chi connectivity index (χ3v) is 2.62. The molecule has 14 heavy (non-hydrogen) atoms. The number of benzene rings is 1. The first-order chi connectivity index (χ1) is 6.48. The van der Waals surface area contributed by atoms with Crippen LogP contribution in [0, 0.1) is 0 Å². The lowest BCUT2D eigenvalue weighted by Crippen LogP contribution is -2.29. The summed E-state index contributed by atoms with van der Waals surface area (Å²) in [6.45, 7) is 6.11. The highest BCUT2D eigenvalue weighted by Gasteiger charge is 2.27. The molecule has 1 aromatic rings. The summed E-state index contributed by atoms with van der Waals surface area (Å²) in [6, 6.07) is 6.23. The fourth-order valence-electron chi connectivity index (χ4n) is 1.94. The summed E-state index contributed by atoms with van der Waals surface area (Å²) in [5, 5.41) is 0. The Labute approximate surface area is 85.1 Å². The first kappa shape index (κ1) is 9.53. The molecule has 0 saturated carbocycles. The van der Waals surface area contributed by atoms with Gasteiger partial charge in [-0.1, -0.05) is 18.2 Å².